The summed E-state index contributed by atoms with van der Waals surface area (Å²) < 4.78 is 23.7. The van der Waals surface area contributed by atoms with Crippen LogP contribution in [0.5, 0.6) is 0 Å². The van der Waals surface area contributed by atoms with E-state index in [9.17, 15) is 99.6 Å². The van der Waals surface area contributed by atoms with Gasteiger partial charge in [0.15, 0.2) is 44.7 Å². The van der Waals surface area contributed by atoms with Gasteiger partial charge in [0.2, 0.25) is 22.9 Å². The molecule has 4 aliphatic heterocycles. The average molecular weight is 1340 g/mol. The van der Waals surface area contributed by atoms with E-state index in [1.165, 1.54) is 0 Å². The van der Waals surface area contributed by atoms with Crippen molar-refractivity contribution in [1.82, 2.24) is 78.1 Å². The van der Waals surface area contributed by atoms with Crippen LogP contribution in [0.3, 0.4) is 0 Å². The van der Waals surface area contributed by atoms with Gasteiger partial charge in [-0.1, -0.05) is 0 Å². The molecule has 472 valence electrons. The van der Waals surface area contributed by atoms with Crippen molar-refractivity contribution in [3.8, 4) is 0 Å². The topological polar surface area (TPSA) is 694 Å². The van der Waals surface area contributed by atoms with Gasteiger partial charge in [-0.15, -0.1) is 0 Å². The van der Waals surface area contributed by atoms with Crippen LogP contribution in [-0.2, 0) is 61.0 Å². The number of aliphatic hydroxyl groups is 12. The molecule has 0 radical (unpaired) electrons. The molecule has 16 N–H and O–H groups in total. The second kappa shape index (κ2) is 30.2. The molecule has 44 nitrogen and oxygen atoms in total. The molecule has 0 bridgehead atoms. The number of carbonyl (C=O) groups excluding carboxylic acids is 4. The predicted octanol–water partition coefficient (Wildman–Crippen LogP) is -29.4. The van der Waals surface area contributed by atoms with E-state index in [2.05, 4.69) is 59.8 Å². The Labute approximate surface area is 594 Å². The summed E-state index contributed by atoms with van der Waals surface area (Å²) >= 11 is 0. The first kappa shape index (κ1) is 77.3. The molecule has 16 atom stereocenters. The maximum atomic E-state index is 11.6. The number of aliphatic carboxylic acids is 4. The van der Waals surface area contributed by atoms with E-state index in [0.29, 0.717) is 0 Å². The summed E-state index contributed by atoms with van der Waals surface area (Å²) in [4.78, 5) is 132. The van der Waals surface area contributed by atoms with E-state index in [4.69, 9.17) is 39.4 Å². The molecule has 92 heavy (non-hydrogen) atoms. The summed E-state index contributed by atoms with van der Waals surface area (Å²) in [7, 11) is 0. The Balaban J connectivity index is 0.000000219. The van der Waals surface area contributed by atoms with Gasteiger partial charge in [0.25, 0.3) is 22.2 Å². The monoisotopic (exact) mass is 1340 g/mol. The summed E-state index contributed by atoms with van der Waals surface area (Å²) in [5.74, 6) is -7.51. The van der Waals surface area contributed by atoms with E-state index in [1.54, 1.807) is 0 Å². The van der Waals surface area contributed by atoms with Crippen molar-refractivity contribution >= 4 is 68.5 Å². The Bertz CT molecular complexity index is 3700. The summed E-state index contributed by atoms with van der Waals surface area (Å²) in [5, 5.41) is 163. The quantitative estimate of drug-likeness (QED) is 0.0505. The largest absolute Gasteiger partial charge is 1.00 e. The van der Waals surface area contributed by atoms with Gasteiger partial charge in [-0.2, -0.15) is 0 Å². The normalized spacial score (nSPS) is 30.3. The van der Waals surface area contributed by atoms with Gasteiger partial charge >= 0.3 is 118 Å². The van der Waals surface area contributed by atoms with Gasteiger partial charge in [-0.3, -0.25) is 37.4 Å². The van der Waals surface area contributed by atoms with Gasteiger partial charge in [0, 0.05) is 0 Å². The number of carboxylic acid groups (broad SMARTS) is 4. The molecule has 0 saturated carbocycles. The molecule has 0 unspecified atom stereocenters. The van der Waals surface area contributed by atoms with Gasteiger partial charge in [-0.05, 0) is 0 Å². The minimum Gasteiger partial charge on any atom is -0.545 e. The molecule has 12 rings (SSSR count). The maximum Gasteiger partial charge on any atom is 1.00 e. The minimum atomic E-state index is -2.57. The van der Waals surface area contributed by atoms with Crippen molar-refractivity contribution in [3.05, 3.63) is 92.0 Å². The molecule has 4 fully saturated rings. The van der Waals surface area contributed by atoms with Crippen LogP contribution in [0.4, 0.5) is 0 Å². The number of ether oxygens (including phenoxy) is 4. The van der Waals surface area contributed by atoms with Crippen LogP contribution in [-0.4, -0.2) is 263 Å². The molecule has 12 heterocycles. The summed E-state index contributed by atoms with van der Waals surface area (Å²) in [6.45, 7) is -2.91. The number of aliphatic hydroxyl groups excluding tert-OH is 12. The third-order valence-electron chi connectivity index (χ3n) is 14.4. The van der Waals surface area contributed by atoms with Crippen LogP contribution in [0.1, 0.15) is 0 Å². The average Bonchev–Trinajstić information content (AvgIpc) is 1.60. The molecule has 8 aromatic heterocycles. The zero-order valence-corrected chi connectivity index (χ0v) is 55.6. The Morgan fingerprint density at radius 2 is 0.543 bits per heavy atom. The van der Waals surface area contributed by atoms with E-state index in [1.807, 2.05) is 0 Å². The second-order valence-corrected chi connectivity index (χ2v) is 19.1. The molecule has 8 aromatic rings. The number of aromatic nitrogens is 16. The van der Waals surface area contributed by atoms with Crippen molar-refractivity contribution < 1.29 is 238 Å². The molecule has 0 spiro atoms. The maximum absolute atomic E-state index is 11.6. The molecule has 0 amide bonds. The van der Waals surface area contributed by atoms with Crippen molar-refractivity contribution in [3.63, 3.8) is 0 Å². The van der Waals surface area contributed by atoms with Gasteiger partial charge in [0.05, 0.1) is 75.6 Å². The number of carboxylic acids is 4. The number of nitrogens with zero attached hydrogens (tertiary/aromatic N) is 12. The molecule has 4 saturated heterocycles. The van der Waals surface area contributed by atoms with Crippen LogP contribution >= 0.6 is 0 Å². The Morgan fingerprint density at radius 1 is 0.370 bits per heavy atom. The fraction of sp³-hybridized carbons (Fsp3) is 0.455. The second-order valence-electron chi connectivity index (χ2n) is 19.1. The van der Waals surface area contributed by atoms with Crippen molar-refractivity contribution in [2.24, 2.45) is 0 Å². The van der Waals surface area contributed by atoms with Crippen LogP contribution < -0.4 is 161 Å². The van der Waals surface area contributed by atoms with Crippen molar-refractivity contribution in [2.75, 3.05) is 26.4 Å². The van der Waals surface area contributed by atoms with Gasteiger partial charge < -0.3 is 140 Å². The number of hydrogen-bond donors (Lipinski definition) is 16. The van der Waals surface area contributed by atoms with Gasteiger partial charge in [0.1, 0.15) is 98.6 Å². The SMILES string of the molecule is O=C([O-])[C@@]1(n2cnc3c(=O)[nH]cnc32)O[C@H](CO)[C@@H](O)[C@H]1O.O=C([O-])[C@@]1(n2cnc3c(=O)[nH]cnc32)O[C@H](CO)[C@@H](O)[C@H]1O.O=C([O-])[C@@]1(n2cnc3c(=O)[nH]cnc32)O[C@H](CO)[C@@H](O)[C@H]1O.O=C([O-])[C@@]1(n2cnc3c(=O)[nH]cnc32)O[C@H](CO)[C@@H](O)[C@H]1O.[Na+].[Na+].[Na+].[Na+]. The number of fused-ring (bicyclic) bond motifs is 4. The fourth-order valence-electron chi connectivity index (χ4n) is 10.0. The van der Waals surface area contributed by atoms with E-state index >= 15 is 0 Å². The standard InChI is InChI=1S/4C11H12N4O7.4Na/c4*16-1-4-6(17)7(18)11(22-4,10(20)21)15-3-14-5-8(15)12-2-13-9(5)19;;;;/h4*2-4,6-7,16-18H,1H2,(H,20,21)(H,12,13,19);;;;/q;;;;4*+1/p-4/t4*4-,6-,7-,11+;;;;/m1111..../s1. The molecule has 48 heteroatoms. The van der Waals surface area contributed by atoms with E-state index in [0.717, 1.165) is 68.9 Å². The number of hydrogen-bond acceptors (Lipinski definition) is 36. The molecule has 0 aromatic carbocycles. The first-order valence-corrected chi connectivity index (χ1v) is 24.8. The zero-order valence-electron chi connectivity index (χ0n) is 47.6. The van der Waals surface area contributed by atoms with Crippen LogP contribution in [0.2, 0.25) is 0 Å². The number of rotatable bonds is 12. The van der Waals surface area contributed by atoms with Crippen molar-refractivity contribution in [2.45, 2.75) is 96.1 Å². The molecular weight excluding hydrogens is 1290 g/mol. The van der Waals surface area contributed by atoms with Gasteiger partial charge in [-0.25, -0.2) is 39.9 Å². The fourth-order valence-corrected chi connectivity index (χ4v) is 10.0. The first-order valence-electron chi connectivity index (χ1n) is 24.8. The minimum absolute atomic E-state index is 0. The number of H-pyrrole nitrogens is 4. The molecule has 0 aliphatic carbocycles. The van der Waals surface area contributed by atoms with Crippen molar-refractivity contribution in [1.29, 1.82) is 0 Å². The number of imidazole rings is 4. The Hall–Kier alpha value is -5.36. The summed E-state index contributed by atoms with van der Waals surface area (Å²) in [6.07, 6.45) is -12.2. The predicted molar refractivity (Wildman–Crippen MR) is 260 cm³/mol. The van der Waals surface area contributed by atoms with Crippen LogP contribution in [0.25, 0.3) is 44.7 Å². The molecule has 4 aliphatic rings. The number of nitrogens with one attached hydrogen (secondary N) is 4. The Kier molecular flexibility index (Phi) is 25.4. The van der Waals surface area contributed by atoms with Crippen LogP contribution in [0.15, 0.2) is 69.8 Å². The first-order chi connectivity index (χ1) is 41.7. The Morgan fingerprint density at radius 3 is 0.685 bits per heavy atom. The summed E-state index contributed by atoms with van der Waals surface area (Å²) in [6, 6.07) is 0. The summed E-state index contributed by atoms with van der Waals surface area (Å²) in [5.41, 5.74) is -14.2. The number of carbonyl (C=O) groups is 4. The molecular formula is C44H44N16Na4O28. The van der Waals surface area contributed by atoms with Crippen LogP contribution in [0, 0.1) is 0 Å². The van der Waals surface area contributed by atoms with E-state index in [-0.39, 0.29) is 163 Å². The smallest absolute Gasteiger partial charge is 0.545 e. The third-order valence-corrected chi connectivity index (χ3v) is 14.4. The van der Waals surface area contributed by atoms with E-state index < -0.39 is 169 Å². The zero-order chi connectivity index (χ0) is 64.3. The number of aromatic amines is 4. The third kappa shape index (κ3) is 12.4.